The van der Waals surface area contributed by atoms with Crippen molar-refractivity contribution in [1.82, 2.24) is 4.57 Å². The van der Waals surface area contributed by atoms with Crippen LogP contribution in [0.15, 0.2) is 41.1 Å². The third-order valence-corrected chi connectivity index (χ3v) is 6.42. The van der Waals surface area contributed by atoms with Gasteiger partial charge in [0.25, 0.3) is 0 Å². The van der Waals surface area contributed by atoms with Crippen molar-refractivity contribution in [2.45, 2.75) is 39.7 Å². The van der Waals surface area contributed by atoms with Crippen molar-refractivity contribution in [3.8, 4) is 0 Å². The lowest BCUT2D eigenvalue weighted by Crippen LogP contribution is -2.25. The van der Waals surface area contributed by atoms with Gasteiger partial charge in [-0.3, -0.25) is 0 Å². The first-order valence-corrected chi connectivity index (χ1v) is 10.3. The molecule has 3 aromatic heterocycles. The third-order valence-electron chi connectivity index (χ3n) is 6.42. The minimum Gasteiger partial charge on any atom is -0.456 e. The number of aromatic nitrogens is 2. The van der Waals surface area contributed by atoms with Gasteiger partial charge >= 0.3 is 0 Å². The van der Waals surface area contributed by atoms with Gasteiger partial charge in [-0.1, -0.05) is 6.07 Å². The second-order valence-electron chi connectivity index (χ2n) is 9.18. The molecule has 0 aliphatic heterocycles. The van der Waals surface area contributed by atoms with Crippen LogP contribution in [0.4, 0.5) is 0 Å². The molecule has 0 unspecified atom stereocenters. The molecule has 0 spiro atoms. The molecule has 0 N–H and O–H groups in total. The minimum absolute atomic E-state index is 0.433. The number of pyridine rings is 1. The van der Waals surface area contributed by atoms with Crippen molar-refractivity contribution in [1.29, 1.82) is 0 Å². The fourth-order valence-electron chi connectivity index (χ4n) is 4.97. The van der Waals surface area contributed by atoms with E-state index in [-0.39, 0.29) is 0 Å². The van der Waals surface area contributed by atoms with E-state index in [1.54, 1.807) is 0 Å². The molecule has 0 aliphatic carbocycles. The smallest absolute Gasteiger partial charge is 0.231 e. The molecule has 0 fully saturated rings. The molecule has 0 atom stereocenters. The van der Waals surface area contributed by atoms with Gasteiger partial charge in [-0.05, 0) is 36.9 Å². The summed E-state index contributed by atoms with van der Waals surface area (Å²) in [7, 11) is 4.21. The van der Waals surface area contributed by atoms with E-state index in [1.807, 2.05) is 13.8 Å². The van der Waals surface area contributed by atoms with Gasteiger partial charge in [0.2, 0.25) is 11.1 Å². The SMILES string of the molecule is [C-]#[N+]C(C)(C)Cc1cc2ccn(C)c3c4c(C)c5c(cc[n+]5C)c(C)c4oc(c1)c23. The van der Waals surface area contributed by atoms with Gasteiger partial charge in [0.05, 0.1) is 22.7 Å². The van der Waals surface area contributed by atoms with E-state index < -0.39 is 5.54 Å². The Hall–Kier alpha value is -3.32. The minimum atomic E-state index is -0.433. The van der Waals surface area contributed by atoms with E-state index in [0.29, 0.717) is 6.42 Å². The zero-order valence-electron chi connectivity index (χ0n) is 18.4. The first-order chi connectivity index (χ1) is 14.2. The molecule has 0 saturated heterocycles. The summed E-state index contributed by atoms with van der Waals surface area (Å²) >= 11 is 0. The molecule has 0 bridgehead atoms. The lowest BCUT2D eigenvalue weighted by atomic mass is 9.92. The molecule has 5 rings (SSSR count). The average molecular weight is 397 g/mol. The van der Waals surface area contributed by atoms with Crippen molar-refractivity contribution in [3.05, 3.63) is 64.8 Å². The highest BCUT2D eigenvalue weighted by Gasteiger charge is 2.26. The van der Waals surface area contributed by atoms with Crippen molar-refractivity contribution >= 4 is 43.7 Å². The molecule has 3 heterocycles. The fraction of sp³-hybridized carbons (Fsp3) is 0.308. The third kappa shape index (κ3) is 2.48. The van der Waals surface area contributed by atoms with Crippen LogP contribution in [-0.2, 0) is 20.5 Å². The number of hydrogen-bond acceptors (Lipinski definition) is 1. The molecule has 30 heavy (non-hydrogen) atoms. The van der Waals surface area contributed by atoms with E-state index >= 15 is 0 Å². The number of rotatable bonds is 2. The second kappa shape index (κ2) is 6.09. The summed E-state index contributed by atoms with van der Waals surface area (Å²) in [6.45, 7) is 15.8. The first-order valence-electron chi connectivity index (χ1n) is 10.3. The Morgan fingerprint density at radius 3 is 2.63 bits per heavy atom. The second-order valence-corrected chi connectivity index (χ2v) is 9.18. The largest absolute Gasteiger partial charge is 0.456 e. The maximum absolute atomic E-state index is 7.51. The van der Waals surface area contributed by atoms with E-state index in [0.717, 1.165) is 27.5 Å². The number of aryl methyl sites for hydroxylation is 4. The predicted octanol–water partition coefficient (Wildman–Crippen LogP) is 5.91. The predicted molar refractivity (Wildman–Crippen MR) is 123 cm³/mol. The molecular weight excluding hydrogens is 370 g/mol. The Morgan fingerprint density at radius 2 is 1.90 bits per heavy atom. The summed E-state index contributed by atoms with van der Waals surface area (Å²) in [6.07, 6.45) is 4.94. The highest BCUT2D eigenvalue weighted by molar-refractivity contribution is 6.19. The zero-order chi connectivity index (χ0) is 21.4. The molecule has 0 amide bonds. The van der Waals surface area contributed by atoms with Crippen LogP contribution in [0.2, 0.25) is 0 Å². The first kappa shape index (κ1) is 18.7. The fourth-order valence-corrected chi connectivity index (χ4v) is 4.97. The van der Waals surface area contributed by atoms with Crippen LogP contribution in [-0.4, -0.2) is 10.1 Å². The number of nitrogens with zero attached hydrogens (tertiary/aromatic N) is 3. The summed E-state index contributed by atoms with van der Waals surface area (Å²) in [6, 6.07) is 8.67. The van der Waals surface area contributed by atoms with Crippen LogP contribution in [0, 0.1) is 20.4 Å². The van der Waals surface area contributed by atoms with Crippen molar-refractivity contribution in [3.63, 3.8) is 0 Å². The molecule has 0 aliphatic rings. The Labute approximate surface area is 176 Å². The Balaban J connectivity index is 1.99. The Bertz CT molecular complexity index is 1540. The topological polar surface area (TPSA) is 26.3 Å². The van der Waals surface area contributed by atoms with Crippen LogP contribution in [0.3, 0.4) is 0 Å². The molecule has 4 nitrogen and oxygen atoms in total. The molecule has 0 radical (unpaired) electrons. The molecule has 2 aromatic carbocycles. The van der Waals surface area contributed by atoms with Crippen LogP contribution < -0.4 is 4.57 Å². The van der Waals surface area contributed by atoms with Crippen molar-refractivity contribution < 1.29 is 8.98 Å². The Kier molecular flexibility index (Phi) is 3.79. The summed E-state index contributed by atoms with van der Waals surface area (Å²) in [5, 5.41) is 4.72. The summed E-state index contributed by atoms with van der Waals surface area (Å²) in [5.74, 6) is 0. The van der Waals surface area contributed by atoms with Gasteiger partial charge in [-0.2, -0.15) is 0 Å². The standard InChI is InChI=1S/C26H26N3O/c1-15-19-9-11-28(6)23(19)16(2)21-24-22-18(8-10-29(24)7)12-17(14-26(3,4)27-5)13-20(22)30-25(15)21/h8-13H,14H2,1-4,6-7H3/q+1. The number of benzene rings is 2. The zero-order valence-corrected chi connectivity index (χ0v) is 18.4. The van der Waals surface area contributed by atoms with Gasteiger partial charge in [-0.15, -0.1) is 0 Å². The lowest BCUT2D eigenvalue weighted by Gasteiger charge is -2.17. The monoisotopic (exact) mass is 396 g/mol. The Morgan fingerprint density at radius 1 is 1.13 bits per heavy atom. The number of fused-ring (bicyclic) bond motifs is 3. The summed E-state index contributed by atoms with van der Waals surface area (Å²) in [5.41, 5.74) is 7.40. The highest BCUT2D eigenvalue weighted by atomic mass is 16.3. The van der Waals surface area contributed by atoms with E-state index in [1.165, 1.54) is 32.9 Å². The van der Waals surface area contributed by atoms with Gasteiger partial charge in [0, 0.05) is 49.7 Å². The lowest BCUT2D eigenvalue weighted by molar-refractivity contribution is -0.642. The highest BCUT2D eigenvalue weighted by Crippen LogP contribution is 2.40. The molecule has 150 valence electrons. The van der Waals surface area contributed by atoms with Crippen LogP contribution in [0.25, 0.3) is 48.6 Å². The van der Waals surface area contributed by atoms with Crippen LogP contribution >= 0.6 is 0 Å². The average Bonchev–Trinajstić information content (AvgIpc) is 3.09. The molecule has 0 saturated carbocycles. The van der Waals surface area contributed by atoms with Gasteiger partial charge in [-0.25, -0.2) is 11.1 Å². The van der Waals surface area contributed by atoms with E-state index in [4.69, 9.17) is 11.0 Å². The van der Waals surface area contributed by atoms with Gasteiger partial charge < -0.3 is 13.8 Å². The van der Waals surface area contributed by atoms with Gasteiger partial charge in [0.15, 0.2) is 6.20 Å². The molecular formula is C26H26N3O+. The van der Waals surface area contributed by atoms with Crippen LogP contribution in [0.5, 0.6) is 0 Å². The quantitative estimate of drug-likeness (QED) is 0.158. The van der Waals surface area contributed by atoms with Gasteiger partial charge in [0.1, 0.15) is 18.2 Å². The van der Waals surface area contributed by atoms with Crippen LogP contribution in [0.1, 0.15) is 30.5 Å². The van der Waals surface area contributed by atoms with E-state index in [2.05, 4.69) is 78.6 Å². The van der Waals surface area contributed by atoms with Crippen molar-refractivity contribution in [2.24, 2.45) is 14.1 Å². The molecule has 5 aromatic rings. The number of hydrogen-bond donors (Lipinski definition) is 0. The normalized spacial score (nSPS) is 12.4. The summed E-state index contributed by atoms with van der Waals surface area (Å²) in [4.78, 5) is 3.80. The van der Waals surface area contributed by atoms with E-state index in [9.17, 15) is 0 Å². The van der Waals surface area contributed by atoms with Crippen molar-refractivity contribution in [2.75, 3.05) is 0 Å². The maximum Gasteiger partial charge on any atom is 0.231 e. The molecule has 4 heteroatoms. The maximum atomic E-state index is 7.51. The summed E-state index contributed by atoms with van der Waals surface area (Å²) < 4.78 is 11.0.